The van der Waals surface area contributed by atoms with Crippen LogP contribution in [0, 0.1) is 5.92 Å². The molecular weight excluding hydrogens is 292 g/mol. The minimum atomic E-state index is -0.304. The molecule has 2 unspecified atom stereocenters. The van der Waals surface area contributed by atoms with Gasteiger partial charge >= 0.3 is 0 Å². The summed E-state index contributed by atoms with van der Waals surface area (Å²) in [6, 6.07) is 8.01. The van der Waals surface area contributed by atoms with Crippen molar-refractivity contribution in [2.45, 2.75) is 45.6 Å². The van der Waals surface area contributed by atoms with Gasteiger partial charge in [0.05, 0.1) is 12.5 Å². The van der Waals surface area contributed by atoms with Crippen LogP contribution in [0.15, 0.2) is 24.3 Å². The molecular formula is C18H26N2O3. The van der Waals surface area contributed by atoms with E-state index in [0.717, 1.165) is 24.2 Å². The molecule has 1 aromatic rings. The van der Waals surface area contributed by atoms with Gasteiger partial charge in [-0.15, -0.1) is 0 Å². The molecule has 2 rings (SSSR count). The molecule has 1 saturated heterocycles. The second-order valence-corrected chi connectivity index (χ2v) is 6.15. The molecule has 0 bridgehead atoms. The van der Waals surface area contributed by atoms with E-state index in [1.54, 1.807) is 0 Å². The van der Waals surface area contributed by atoms with Gasteiger partial charge in [-0.2, -0.15) is 0 Å². The van der Waals surface area contributed by atoms with E-state index in [2.05, 4.69) is 0 Å². The topological polar surface area (TPSA) is 72.6 Å². The maximum Gasteiger partial charge on any atom is 0.223 e. The van der Waals surface area contributed by atoms with E-state index in [1.165, 1.54) is 0 Å². The summed E-state index contributed by atoms with van der Waals surface area (Å²) in [6.07, 6.45) is 2.75. The number of carbonyl (C=O) groups is 2. The van der Waals surface area contributed by atoms with Crippen molar-refractivity contribution in [1.82, 2.24) is 4.90 Å². The van der Waals surface area contributed by atoms with Gasteiger partial charge < -0.3 is 15.4 Å². The zero-order chi connectivity index (χ0) is 16.8. The van der Waals surface area contributed by atoms with Crippen molar-refractivity contribution in [1.29, 1.82) is 0 Å². The smallest absolute Gasteiger partial charge is 0.223 e. The first-order valence-electron chi connectivity index (χ1n) is 8.31. The highest BCUT2D eigenvalue weighted by atomic mass is 16.5. The molecule has 0 saturated carbocycles. The molecule has 1 aromatic carbocycles. The number of hydrogen-bond donors (Lipinski definition) is 1. The van der Waals surface area contributed by atoms with Crippen LogP contribution >= 0.6 is 0 Å². The Balaban J connectivity index is 1.89. The van der Waals surface area contributed by atoms with Crippen molar-refractivity contribution < 1.29 is 14.3 Å². The highest BCUT2D eigenvalue weighted by molar-refractivity contribution is 5.80. The molecule has 5 nitrogen and oxygen atoms in total. The monoisotopic (exact) mass is 318 g/mol. The largest absolute Gasteiger partial charge is 0.494 e. The Hall–Kier alpha value is -2.04. The third-order valence-electron chi connectivity index (χ3n) is 4.47. The Labute approximate surface area is 137 Å². The zero-order valence-electron chi connectivity index (χ0n) is 14.0. The lowest BCUT2D eigenvalue weighted by Gasteiger charge is -2.37. The van der Waals surface area contributed by atoms with Crippen LogP contribution in [0.1, 0.15) is 38.7 Å². The fourth-order valence-corrected chi connectivity index (χ4v) is 3.00. The molecule has 1 heterocycles. The molecule has 0 spiro atoms. The Morgan fingerprint density at radius 1 is 1.26 bits per heavy atom. The molecule has 1 fully saturated rings. The fraction of sp³-hybridized carbons (Fsp3) is 0.556. The maximum absolute atomic E-state index is 12.5. The van der Waals surface area contributed by atoms with Crippen molar-refractivity contribution in [3.63, 3.8) is 0 Å². The van der Waals surface area contributed by atoms with Gasteiger partial charge in [0.1, 0.15) is 5.75 Å². The van der Waals surface area contributed by atoms with Gasteiger partial charge in [-0.3, -0.25) is 9.59 Å². The van der Waals surface area contributed by atoms with Crippen molar-refractivity contribution >= 4 is 11.8 Å². The lowest BCUT2D eigenvalue weighted by molar-refractivity contribution is -0.137. The molecule has 1 aliphatic heterocycles. The number of hydrogen-bond acceptors (Lipinski definition) is 3. The average Bonchev–Trinajstić information content (AvgIpc) is 2.54. The summed E-state index contributed by atoms with van der Waals surface area (Å²) >= 11 is 0. The molecule has 1 aliphatic rings. The number of nitrogens with zero attached hydrogens (tertiary/aromatic N) is 1. The van der Waals surface area contributed by atoms with Crippen LogP contribution in [-0.4, -0.2) is 35.9 Å². The van der Waals surface area contributed by atoms with Gasteiger partial charge in [-0.1, -0.05) is 12.1 Å². The number of ether oxygens (including phenoxy) is 1. The quantitative estimate of drug-likeness (QED) is 0.873. The first kappa shape index (κ1) is 17.3. The normalized spacial score (nSPS) is 21.0. The molecule has 23 heavy (non-hydrogen) atoms. The van der Waals surface area contributed by atoms with E-state index < -0.39 is 0 Å². The molecule has 0 aromatic heterocycles. The van der Waals surface area contributed by atoms with Gasteiger partial charge in [0.25, 0.3) is 0 Å². The summed E-state index contributed by atoms with van der Waals surface area (Å²) in [5.74, 6) is 0.427. The maximum atomic E-state index is 12.5. The number of primary amides is 1. The van der Waals surface area contributed by atoms with Gasteiger partial charge in [-0.05, 0) is 50.8 Å². The number of rotatable bonds is 6. The highest BCUT2D eigenvalue weighted by Gasteiger charge is 2.31. The van der Waals surface area contributed by atoms with E-state index in [0.29, 0.717) is 26.0 Å². The second-order valence-electron chi connectivity index (χ2n) is 6.15. The Morgan fingerprint density at radius 3 is 2.57 bits per heavy atom. The second kappa shape index (κ2) is 7.99. The zero-order valence-corrected chi connectivity index (χ0v) is 14.0. The molecule has 126 valence electrons. The standard InChI is InChI=1S/C18H26N2O3/c1-3-23-16-9-5-14(6-10-16)7-11-17(21)20-12-15(18(19)22)8-4-13(20)2/h5-6,9-10,13,15H,3-4,7-8,11-12H2,1-2H3,(H2,19,22). The highest BCUT2D eigenvalue weighted by Crippen LogP contribution is 2.23. The van der Waals surface area contributed by atoms with E-state index in [-0.39, 0.29) is 23.8 Å². The Bertz CT molecular complexity index is 542. The third-order valence-corrected chi connectivity index (χ3v) is 4.47. The fourth-order valence-electron chi connectivity index (χ4n) is 3.00. The molecule has 2 N–H and O–H groups in total. The van der Waals surface area contributed by atoms with Crippen LogP contribution < -0.4 is 10.5 Å². The van der Waals surface area contributed by atoms with Crippen LogP contribution in [0.25, 0.3) is 0 Å². The van der Waals surface area contributed by atoms with Crippen LogP contribution in [0.5, 0.6) is 5.75 Å². The molecule has 0 aliphatic carbocycles. The van der Waals surface area contributed by atoms with Gasteiger partial charge in [0.15, 0.2) is 0 Å². The molecule has 2 amide bonds. The number of benzene rings is 1. The summed E-state index contributed by atoms with van der Waals surface area (Å²) in [7, 11) is 0. The van der Waals surface area contributed by atoms with Gasteiger partial charge in [0, 0.05) is 19.0 Å². The summed E-state index contributed by atoms with van der Waals surface area (Å²) < 4.78 is 5.41. The number of aryl methyl sites for hydroxylation is 1. The van der Waals surface area contributed by atoms with Crippen LogP contribution in [-0.2, 0) is 16.0 Å². The average molecular weight is 318 g/mol. The summed E-state index contributed by atoms with van der Waals surface area (Å²) in [5, 5.41) is 0. The predicted octanol–water partition coefficient (Wildman–Crippen LogP) is 2.13. The van der Waals surface area contributed by atoms with E-state index in [4.69, 9.17) is 10.5 Å². The van der Waals surface area contributed by atoms with Crippen LogP contribution in [0.3, 0.4) is 0 Å². The van der Waals surface area contributed by atoms with Gasteiger partial charge in [0.2, 0.25) is 11.8 Å². The summed E-state index contributed by atoms with van der Waals surface area (Å²) in [5.41, 5.74) is 6.50. The van der Waals surface area contributed by atoms with Gasteiger partial charge in [-0.25, -0.2) is 0 Å². The van der Waals surface area contributed by atoms with Crippen molar-refractivity contribution in [2.75, 3.05) is 13.2 Å². The number of likely N-dealkylation sites (tertiary alicyclic amines) is 1. The summed E-state index contributed by atoms with van der Waals surface area (Å²) in [4.78, 5) is 25.6. The third kappa shape index (κ3) is 4.71. The molecule has 2 atom stereocenters. The van der Waals surface area contributed by atoms with Crippen molar-refractivity contribution in [3.05, 3.63) is 29.8 Å². The van der Waals surface area contributed by atoms with E-state index in [9.17, 15) is 9.59 Å². The first-order valence-corrected chi connectivity index (χ1v) is 8.31. The molecule has 5 heteroatoms. The van der Waals surface area contributed by atoms with E-state index >= 15 is 0 Å². The number of piperidine rings is 1. The first-order chi connectivity index (χ1) is 11.0. The Morgan fingerprint density at radius 2 is 1.96 bits per heavy atom. The lowest BCUT2D eigenvalue weighted by atomic mass is 9.92. The van der Waals surface area contributed by atoms with Crippen LogP contribution in [0.4, 0.5) is 0 Å². The SMILES string of the molecule is CCOc1ccc(CCC(=O)N2CC(C(N)=O)CCC2C)cc1. The van der Waals surface area contributed by atoms with Crippen molar-refractivity contribution in [2.24, 2.45) is 11.7 Å². The number of amides is 2. The number of carbonyl (C=O) groups excluding carboxylic acids is 2. The minimum Gasteiger partial charge on any atom is -0.494 e. The van der Waals surface area contributed by atoms with Crippen LogP contribution in [0.2, 0.25) is 0 Å². The number of nitrogens with two attached hydrogens (primary N) is 1. The summed E-state index contributed by atoms with van der Waals surface area (Å²) in [6.45, 7) is 5.09. The Kier molecular flexibility index (Phi) is 6.02. The van der Waals surface area contributed by atoms with E-state index in [1.807, 2.05) is 43.0 Å². The predicted molar refractivity (Wildman–Crippen MR) is 89.0 cm³/mol. The van der Waals surface area contributed by atoms with Crippen molar-refractivity contribution in [3.8, 4) is 5.75 Å². The minimum absolute atomic E-state index is 0.0948. The molecule has 0 radical (unpaired) electrons. The lowest BCUT2D eigenvalue weighted by Crippen LogP contribution is -2.48.